The average molecular weight is 387 g/mol. The minimum absolute atomic E-state index is 0. The van der Waals surface area contributed by atoms with Crippen molar-refractivity contribution < 1.29 is 39.3 Å². The third-order valence-electron chi connectivity index (χ3n) is 3.58. The van der Waals surface area contributed by atoms with Crippen molar-refractivity contribution in [3.63, 3.8) is 0 Å². The van der Waals surface area contributed by atoms with Gasteiger partial charge in [-0.3, -0.25) is 4.79 Å². The molecule has 3 atom stereocenters. The summed E-state index contributed by atoms with van der Waals surface area (Å²) in [6.45, 7) is 0.325. The first-order valence-corrected chi connectivity index (χ1v) is 8.11. The number of amides is 1. The molecule has 0 radical (unpaired) electrons. The first-order valence-electron chi connectivity index (χ1n) is 6.96. The van der Waals surface area contributed by atoms with E-state index in [0.717, 1.165) is 31.4 Å². The minimum Gasteiger partial charge on any atom is -0.480 e. The van der Waals surface area contributed by atoms with Crippen LogP contribution in [-0.2, 0) is 29.1 Å². The molecule has 2 unspecified atom stereocenters. The summed E-state index contributed by atoms with van der Waals surface area (Å²) < 4.78 is 0. The van der Waals surface area contributed by atoms with Crippen molar-refractivity contribution in [2.45, 2.75) is 55.9 Å². The van der Waals surface area contributed by atoms with Crippen LogP contribution in [0.25, 0.3) is 0 Å². The molecule has 1 aliphatic heterocycles. The van der Waals surface area contributed by atoms with Gasteiger partial charge >= 0.3 is 25.4 Å². The number of carbonyl (C=O) groups is 2. The summed E-state index contributed by atoms with van der Waals surface area (Å²) in [5.74, 6) is -0.509. The smallest absolute Gasteiger partial charge is 0.480 e. The summed E-state index contributed by atoms with van der Waals surface area (Å²) in [5.41, 5.74) is 0. The Morgan fingerprint density at radius 1 is 1.29 bits per heavy atom. The third kappa shape index (κ3) is 6.89. The molecular weight excluding hydrogens is 364 g/mol. The molecule has 0 spiro atoms. The molecule has 0 aromatic carbocycles. The molecule has 0 saturated carbocycles. The number of aliphatic carboxylic acids is 1. The van der Waals surface area contributed by atoms with Crippen LogP contribution in [-0.4, -0.2) is 56.7 Å². The molecule has 1 fully saturated rings. The van der Waals surface area contributed by atoms with Crippen LogP contribution in [0.1, 0.15) is 38.5 Å². The number of aliphatic hydroxyl groups is 1. The second kappa shape index (κ2) is 10.9. The van der Waals surface area contributed by atoms with E-state index in [2.05, 4.69) is 25.3 Å². The Morgan fingerprint density at radius 3 is 2.52 bits per heavy atom. The number of unbranched alkanes of at least 4 members (excludes halogenated alkanes) is 1. The van der Waals surface area contributed by atoms with Gasteiger partial charge in [-0.05, 0) is 31.4 Å². The molecule has 21 heavy (non-hydrogen) atoms. The van der Waals surface area contributed by atoms with Gasteiger partial charge in [0.15, 0.2) is 6.04 Å². The van der Waals surface area contributed by atoms with Crippen LogP contribution in [0.5, 0.6) is 0 Å². The molecule has 0 aromatic rings. The number of hydrogen-bond donors (Lipinski definition) is 4. The molecule has 116 valence electrons. The van der Waals surface area contributed by atoms with E-state index in [4.69, 9.17) is 5.11 Å². The first-order chi connectivity index (χ1) is 9.47. The molecule has 1 amide bonds. The zero-order valence-electron chi connectivity index (χ0n) is 12.1. The Bertz CT molecular complexity index is 346. The van der Waals surface area contributed by atoms with Gasteiger partial charge in [-0.25, -0.2) is 4.79 Å². The number of nitrogens with zero attached hydrogens (tertiary/aromatic N) is 1. The van der Waals surface area contributed by atoms with Gasteiger partial charge in [-0.2, -0.15) is 25.3 Å². The molecule has 1 rings (SSSR count). The molecule has 0 aromatic heterocycles. The predicted molar refractivity (Wildman–Crippen MR) is 83.5 cm³/mol. The molecule has 2 N–H and O–H groups in total. The van der Waals surface area contributed by atoms with Crippen LogP contribution in [0.3, 0.4) is 0 Å². The van der Waals surface area contributed by atoms with Gasteiger partial charge in [0.25, 0.3) is 0 Å². The Balaban J connectivity index is 0.00000400. The van der Waals surface area contributed by atoms with Crippen molar-refractivity contribution in [2.24, 2.45) is 0 Å². The summed E-state index contributed by atoms with van der Waals surface area (Å²) in [6.07, 6.45) is 3.21. The minimum atomic E-state index is -1.13. The fraction of sp³-hybridized carbons (Fsp3) is 0.846. The largest absolute Gasteiger partial charge is 2.00 e. The van der Waals surface area contributed by atoms with E-state index in [0.29, 0.717) is 24.6 Å². The average Bonchev–Trinajstić information content (AvgIpc) is 2.77. The molecule has 8 heteroatoms. The molecular formula is C13H23NO4S2Zn+2. The Morgan fingerprint density at radius 2 is 1.95 bits per heavy atom. The van der Waals surface area contributed by atoms with Crippen molar-refractivity contribution >= 4 is 37.1 Å². The Hall–Kier alpha value is 0.223. The number of carbonyl (C=O) groups excluding carboxylic acids is 1. The van der Waals surface area contributed by atoms with Crippen LogP contribution in [0, 0.1) is 0 Å². The van der Waals surface area contributed by atoms with E-state index in [-0.39, 0.29) is 25.4 Å². The van der Waals surface area contributed by atoms with Crippen LogP contribution >= 0.6 is 25.3 Å². The van der Waals surface area contributed by atoms with Gasteiger partial charge < -0.3 is 15.1 Å². The van der Waals surface area contributed by atoms with Crippen molar-refractivity contribution in [3.05, 3.63) is 0 Å². The van der Waals surface area contributed by atoms with Gasteiger partial charge in [-0.15, -0.1) is 0 Å². The molecule has 0 bridgehead atoms. The maximum atomic E-state index is 12.0. The van der Waals surface area contributed by atoms with Gasteiger partial charge in [0, 0.05) is 18.2 Å². The van der Waals surface area contributed by atoms with Crippen molar-refractivity contribution in [1.29, 1.82) is 0 Å². The van der Waals surface area contributed by atoms with Crippen LogP contribution in [0.4, 0.5) is 0 Å². The summed E-state index contributed by atoms with van der Waals surface area (Å²) in [5, 5.41) is 18.9. The van der Waals surface area contributed by atoms with E-state index >= 15 is 0 Å². The van der Waals surface area contributed by atoms with Crippen LogP contribution in [0.15, 0.2) is 0 Å². The number of likely N-dealkylation sites (tertiary alicyclic amines) is 1. The second-order valence-corrected chi connectivity index (χ2v) is 6.32. The fourth-order valence-corrected chi connectivity index (χ4v) is 3.27. The quantitative estimate of drug-likeness (QED) is 0.287. The molecule has 1 aliphatic rings. The van der Waals surface area contributed by atoms with E-state index < -0.39 is 18.1 Å². The van der Waals surface area contributed by atoms with Gasteiger partial charge in [0.05, 0.1) is 6.10 Å². The second-order valence-electron chi connectivity index (χ2n) is 5.14. The summed E-state index contributed by atoms with van der Waals surface area (Å²) in [7, 11) is 0. The normalized spacial score (nSPS) is 22.7. The molecule has 1 heterocycles. The van der Waals surface area contributed by atoms with E-state index in [1.807, 2.05) is 0 Å². The maximum Gasteiger partial charge on any atom is 2.00 e. The number of aliphatic hydroxyl groups excluding tert-OH is 1. The monoisotopic (exact) mass is 385 g/mol. The zero-order chi connectivity index (χ0) is 15.1. The Kier molecular flexibility index (Phi) is 11.0. The van der Waals surface area contributed by atoms with Gasteiger partial charge in [0.2, 0.25) is 5.91 Å². The standard InChI is InChI=1S/C13H23NO4S2.Zn/c15-10-5-7-14(12(10)13(17)18)11(16)4-2-1-3-9(20)6-8-19;/h9-10,12,15,19-20H,1-8H2,(H,17,18);/q;+2/t9?,10?,12-;/m0./s1. The van der Waals surface area contributed by atoms with Crippen molar-refractivity contribution in [2.75, 3.05) is 12.3 Å². The zero-order valence-corrected chi connectivity index (χ0v) is 16.9. The molecule has 5 nitrogen and oxygen atoms in total. The number of thiol groups is 2. The van der Waals surface area contributed by atoms with E-state index in [1.165, 1.54) is 4.90 Å². The molecule has 0 aliphatic carbocycles. The number of carboxylic acid groups (broad SMARTS) is 1. The van der Waals surface area contributed by atoms with E-state index in [9.17, 15) is 14.7 Å². The Labute approximate surface area is 149 Å². The summed E-state index contributed by atoms with van der Waals surface area (Å²) in [6, 6.07) is -1.08. The van der Waals surface area contributed by atoms with E-state index in [1.54, 1.807) is 0 Å². The third-order valence-corrected chi connectivity index (χ3v) is 4.35. The van der Waals surface area contributed by atoms with Crippen molar-refractivity contribution in [1.82, 2.24) is 4.90 Å². The number of carboxylic acids is 1. The summed E-state index contributed by atoms with van der Waals surface area (Å²) >= 11 is 8.57. The number of hydrogen-bond acceptors (Lipinski definition) is 5. The topological polar surface area (TPSA) is 77.8 Å². The van der Waals surface area contributed by atoms with Gasteiger partial charge in [0.1, 0.15) is 0 Å². The van der Waals surface area contributed by atoms with Crippen LogP contribution in [0.2, 0.25) is 0 Å². The number of rotatable bonds is 8. The van der Waals surface area contributed by atoms with Crippen molar-refractivity contribution in [3.8, 4) is 0 Å². The summed E-state index contributed by atoms with van der Waals surface area (Å²) in [4.78, 5) is 24.3. The van der Waals surface area contributed by atoms with Crippen LogP contribution < -0.4 is 0 Å². The fourth-order valence-electron chi connectivity index (χ4n) is 2.45. The predicted octanol–water partition coefficient (Wildman–Crippen LogP) is 1.21. The first kappa shape index (κ1) is 21.2. The maximum absolute atomic E-state index is 12.0. The SMILES string of the molecule is O=C(O)[C@@H]1C(O)CCN1C(=O)CCCCC(S)CCS.[Zn+2]. The molecule has 1 saturated heterocycles. The van der Waals surface area contributed by atoms with Gasteiger partial charge in [-0.1, -0.05) is 6.42 Å².